The van der Waals surface area contributed by atoms with E-state index in [0.29, 0.717) is 0 Å². The van der Waals surface area contributed by atoms with E-state index < -0.39 is 57.8 Å². The predicted molar refractivity (Wildman–Crippen MR) is 124 cm³/mol. The van der Waals surface area contributed by atoms with Gasteiger partial charge in [-0.1, -0.05) is 42.5 Å². The molecule has 0 saturated carbocycles. The summed E-state index contributed by atoms with van der Waals surface area (Å²) in [6.07, 6.45) is 3.06. The zero-order valence-corrected chi connectivity index (χ0v) is 18.9. The van der Waals surface area contributed by atoms with Crippen molar-refractivity contribution in [3.8, 4) is 16.9 Å². The summed E-state index contributed by atoms with van der Waals surface area (Å²) in [7, 11) is 0.859. The fraction of sp³-hybridized carbons (Fsp3) is 0.143. The number of hydrogen-bond donors (Lipinski definition) is 0. The van der Waals surface area contributed by atoms with Crippen molar-refractivity contribution in [3.05, 3.63) is 101 Å². The van der Waals surface area contributed by atoms with Gasteiger partial charge in [-0.05, 0) is 46.9 Å². The predicted octanol–water partition coefficient (Wildman–Crippen LogP) is 8.60. The third kappa shape index (κ3) is 3.38. The van der Waals surface area contributed by atoms with Gasteiger partial charge in [0.2, 0.25) is 11.6 Å². The topological polar surface area (TPSA) is 9.23 Å². The number of allylic oxidation sites excluding steroid dienone is 4. The SMILES string of the molecule is COc1c(F)c(F)c(-c2c3ccccc3c(C3C=CC(F)=CC3(C)F)c3c(F)cccc23)c(F)c1F. The summed E-state index contributed by atoms with van der Waals surface area (Å²) >= 11 is 0. The van der Waals surface area contributed by atoms with E-state index in [-0.39, 0.29) is 32.7 Å². The Morgan fingerprint density at radius 2 is 1.36 bits per heavy atom. The first-order valence-corrected chi connectivity index (χ1v) is 10.9. The first-order valence-electron chi connectivity index (χ1n) is 10.9. The van der Waals surface area contributed by atoms with Crippen LogP contribution < -0.4 is 4.74 Å². The highest BCUT2D eigenvalue weighted by atomic mass is 19.2. The lowest BCUT2D eigenvalue weighted by Gasteiger charge is -2.31. The quantitative estimate of drug-likeness (QED) is 0.155. The van der Waals surface area contributed by atoms with E-state index in [1.165, 1.54) is 36.4 Å². The van der Waals surface area contributed by atoms with Crippen LogP contribution in [0, 0.1) is 29.1 Å². The number of alkyl halides is 1. The Bertz CT molecular complexity index is 1590. The Kier molecular flexibility index (Phi) is 5.58. The van der Waals surface area contributed by atoms with E-state index >= 15 is 17.6 Å². The van der Waals surface area contributed by atoms with Gasteiger partial charge in [-0.15, -0.1) is 0 Å². The maximum absolute atomic E-state index is 15.7. The zero-order valence-electron chi connectivity index (χ0n) is 18.9. The summed E-state index contributed by atoms with van der Waals surface area (Å²) < 4.78 is 109. The van der Waals surface area contributed by atoms with Gasteiger partial charge in [0.05, 0.1) is 12.7 Å². The molecule has 1 aliphatic rings. The van der Waals surface area contributed by atoms with Gasteiger partial charge in [0, 0.05) is 16.9 Å². The highest BCUT2D eigenvalue weighted by Gasteiger charge is 2.38. The lowest BCUT2D eigenvalue weighted by atomic mass is 9.76. The van der Waals surface area contributed by atoms with E-state index in [0.717, 1.165) is 32.3 Å². The summed E-state index contributed by atoms with van der Waals surface area (Å²) in [4.78, 5) is 0. The van der Waals surface area contributed by atoms with Crippen molar-refractivity contribution in [3.63, 3.8) is 0 Å². The molecule has 0 aromatic heterocycles. The molecule has 0 spiro atoms. The molecule has 5 rings (SSSR count). The van der Waals surface area contributed by atoms with Crippen molar-refractivity contribution in [1.29, 1.82) is 0 Å². The largest absolute Gasteiger partial charge is 0.491 e. The molecule has 8 heteroatoms. The minimum atomic E-state index is -2.28. The maximum atomic E-state index is 15.7. The molecule has 2 atom stereocenters. The fourth-order valence-corrected chi connectivity index (χ4v) is 4.99. The van der Waals surface area contributed by atoms with Gasteiger partial charge in [-0.2, -0.15) is 8.78 Å². The molecule has 1 nitrogen and oxygen atoms in total. The van der Waals surface area contributed by atoms with Crippen LogP contribution in [0.5, 0.6) is 5.75 Å². The van der Waals surface area contributed by atoms with Gasteiger partial charge in [0.15, 0.2) is 17.4 Å². The second-order valence-electron chi connectivity index (χ2n) is 8.68. The lowest BCUT2D eigenvalue weighted by molar-refractivity contribution is 0.227. The van der Waals surface area contributed by atoms with Crippen LogP contribution in [0.1, 0.15) is 18.4 Å². The average Bonchev–Trinajstić information content (AvgIpc) is 2.83. The lowest BCUT2D eigenvalue weighted by Crippen LogP contribution is -2.27. The number of ether oxygens (including phenoxy) is 1. The Hall–Kier alpha value is -3.81. The molecule has 0 radical (unpaired) electrons. The second-order valence-corrected chi connectivity index (χ2v) is 8.68. The van der Waals surface area contributed by atoms with Crippen LogP contribution in [0.2, 0.25) is 0 Å². The van der Waals surface area contributed by atoms with Crippen LogP contribution in [0.3, 0.4) is 0 Å². The molecule has 0 saturated heterocycles. The van der Waals surface area contributed by atoms with Crippen molar-refractivity contribution < 1.29 is 35.5 Å². The first-order chi connectivity index (χ1) is 17.1. The Balaban J connectivity index is 2.01. The number of methoxy groups -OCH3 is 1. The van der Waals surface area contributed by atoms with Crippen molar-refractivity contribution in [1.82, 2.24) is 0 Å². The standard InChI is InChI=1S/C28H17F7O/c1-28(35)12-13(29)10-11-17(28)20-15-7-4-3-6-14(15)19(16-8-5-9-18(30)21(16)20)22-23(31)25(33)27(36-2)26(34)24(22)32/h3-12,17H,1-2H3. The normalized spacial score (nSPS) is 19.7. The van der Waals surface area contributed by atoms with E-state index in [1.807, 2.05) is 0 Å². The third-order valence-corrected chi connectivity index (χ3v) is 6.50. The summed E-state index contributed by atoms with van der Waals surface area (Å²) in [5, 5.41) is -0.0538. The molecular weight excluding hydrogens is 485 g/mol. The van der Waals surface area contributed by atoms with Gasteiger partial charge in [-0.25, -0.2) is 22.0 Å². The maximum Gasteiger partial charge on any atom is 0.204 e. The van der Waals surface area contributed by atoms with Crippen LogP contribution in [0.4, 0.5) is 30.7 Å². The molecule has 0 aliphatic heterocycles. The van der Waals surface area contributed by atoms with Crippen molar-refractivity contribution in [2.45, 2.75) is 18.5 Å². The van der Waals surface area contributed by atoms with E-state index in [9.17, 15) is 13.2 Å². The second kappa shape index (κ2) is 8.40. The first kappa shape index (κ1) is 23.9. The number of benzene rings is 4. The average molecular weight is 502 g/mol. The molecule has 36 heavy (non-hydrogen) atoms. The van der Waals surface area contributed by atoms with Crippen molar-refractivity contribution in [2.24, 2.45) is 0 Å². The summed E-state index contributed by atoms with van der Waals surface area (Å²) in [5.41, 5.74) is -3.56. The summed E-state index contributed by atoms with van der Waals surface area (Å²) in [6, 6.07) is 9.61. The zero-order chi connectivity index (χ0) is 25.9. The van der Waals surface area contributed by atoms with Crippen LogP contribution in [-0.2, 0) is 0 Å². The Morgan fingerprint density at radius 1 is 0.750 bits per heavy atom. The minimum absolute atomic E-state index is 0.0894. The molecule has 0 bridgehead atoms. The van der Waals surface area contributed by atoms with Crippen LogP contribution in [-0.4, -0.2) is 12.8 Å². The van der Waals surface area contributed by atoms with Gasteiger partial charge in [0.1, 0.15) is 17.3 Å². The molecule has 4 aromatic rings. The minimum Gasteiger partial charge on any atom is -0.491 e. The van der Waals surface area contributed by atoms with E-state index in [4.69, 9.17) is 0 Å². The number of rotatable bonds is 3. The van der Waals surface area contributed by atoms with Gasteiger partial charge < -0.3 is 4.74 Å². The number of halogens is 7. The fourth-order valence-electron chi connectivity index (χ4n) is 4.99. The Morgan fingerprint density at radius 3 is 1.97 bits per heavy atom. The highest BCUT2D eigenvalue weighted by molar-refractivity contribution is 6.15. The molecule has 0 N–H and O–H groups in total. The molecular formula is C28H17F7O. The summed E-state index contributed by atoms with van der Waals surface area (Å²) in [5.74, 6) is -11.1. The molecule has 1 aliphatic carbocycles. The molecule has 0 heterocycles. The van der Waals surface area contributed by atoms with Gasteiger partial charge >= 0.3 is 0 Å². The monoisotopic (exact) mass is 502 g/mol. The highest BCUT2D eigenvalue weighted by Crippen LogP contribution is 2.49. The van der Waals surface area contributed by atoms with Gasteiger partial charge in [0.25, 0.3) is 0 Å². The van der Waals surface area contributed by atoms with Crippen molar-refractivity contribution in [2.75, 3.05) is 7.11 Å². The molecule has 0 fully saturated rings. The van der Waals surface area contributed by atoms with Crippen LogP contribution >= 0.6 is 0 Å². The van der Waals surface area contributed by atoms with Gasteiger partial charge in [-0.3, -0.25) is 0 Å². The molecule has 0 amide bonds. The van der Waals surface area contributed by atoms with E-state index in [1.54, 1.807) is 6.07 Å². The van der Waals surface area contributed by atoms with Crippen LogP contribution in [0.25, 0.3) is 32.7 Å². The Labute approximate surface area is 201 Å². The van der Waals surface area contributed by atoms with Crippen LogP contribution in [0.15, 0.2) is 66.5 Å². The summed E-state index contributed by atoms with van der Waals surface area (Å²) in [6.45, 7) is 1.13. The third-order valence-electron chi connectivity index (χ3n) is 6.50. The van der Waals surface area contributed by atoms with Crippen molar-refractivity contribution >= 4 is 21.5 Å². The molecule has 4 aromatic carbocycles. The molecule has 2 unspecified atom stereocenters. The number of fused-ring (bicyclic) bond motifs is 2. The van der Waals surface area contributed by atoms with E-state index in [2.05, 4.69) is 4.74 Å². The smallest absolute Gasteiger partial charge is 0.204 e. The molecule has 184 valence electrons. The number of hydrogen-bond acceptors (Lipinski definition) is 1.